The maximum atomic E-state index is 13.8. The molecule has 38 heavy (non-hydrogen) atoms. The monoisotopic (exact) mass is 578 g/mol. The van der Waals surface area contributed by atoms with Gasteiger partial charge in [-0.3, -0.25) is 9.59 Å². The molecule has 0 aliphatic heterocycles. The van der Waals surface area contributed by atoms with Crippen LogP contribution in [0.15, 0.2) is 83.3 Å². The lowest BCUT2D eigenvalue weighted by molar-refractivity contribution is -0.143. The number of hydrogen-bond acceptors (Lipinski definition) is 4. The highest BCUT2D eigenvalue weighted by molar-refractivity contribution is 9.10. The number of para-hydroxylation sites is 2. The van der Waals surface area contributed by atoms with Gasteiger partial charge in [-0.25, -0.2) is 0 Å². The molecule has 200 valence electrons. The van der Waals surface area contributed by atoms with Crippen LogP contribution in [0.5, 0.6) is 11.5 Å². The maximum Gasteiger partial charge on any atom is 0.261 e. The number of nitrogens with zero attached hydrogens (tertiary/aromatic N) is 1. The number of carbonyl (C=O) groups is 2. The molecule has 1 aliphatic rings. The zero-order valence-electron chi connectivity index (χ0n) is 21.8. The summed E-state index contributed by atoms with van der Waals surface area (Å²) in [6, 6.07) is 24.3. The fraction of sp³-hybridized carbons (Fsp3) is 0.355. The van der Waals surface area contributed by atoms with Crippen LogP contribution >= 0.6 is 15.9 Å². The van der Waals surface area contributed by atoms with Gasteiger partial charge in [0.25, 0.3) is 5.91 Å². The first kappa shape index (κ1) is 27.7. The van der Waals surface area contributed by atoms with Crippen molar-refractivity contribution >= 4 is 27.7 Å². The molecule has 0 heterocycles. The lowest BCUT2D eigenvalue weighted by Crippen LogP contribution is -2.53. The summed E-state index contributed by atoms with van der Waals surface area (Å²) < 4.78 is 12.2. The Kier molecular flexibility index (Phi) is 10.2. The van der Waals surface area contributed by atoms with Gasteiger partial charge in [0.2, 0.25) is 5.91 Å². The SMILES string of the molecule is COc1ccccc1OCC(=O)N(Cc1ccc(Br)cc1)[C@H](Cc1ccccc1)C(=O)NC1CCCCC1. The van der Waals surface area contributed by atoms with Crippen LogP contribution in [0, 0.1) is 0 Å². The van der Waals surface area contributed by atoms with E-state index >= 15 is 0 Å². The minimum absolute atomic E-state index is 0.122. The van der Waals surface area contributed by atoms with Crippen LogP contribution < -0.4 is 14.8 Å². The molecular weight excluding hydrogens is 544 g/mol. The molecule has 1 saturated carbocycles. The van der Waals surface area contributed by atoms with E-state index in [4.69, 9.17) is 9.47 Å². The van der Waals surface area contributed by atoms with Crippen molar-refractivity contribution in [3.63, 3.8) is 0 Å². The second-order valence-corrected chi connectivity index (χ2v) is 10.6. The summed E-state index contributed by atoms with van der Waals surface area (Å²) in [4.78, 5) is 29.3. The Hall–Kier alpha value is -3.32. The fourth-order valence-corrected chi connectivity index (χ4v) is 5.11. The van der Waals surface area contributed by atoms with Gasteiger partial charge >= 0.3 is 0 Å². The molecule has 7 heteroatoms. The largest absolute Gasteiger partial charge is 0.493 e. The highest BCUT2D eigenvalue weighted by atomic mass is 79.9. The van der Waals surface area contributed by atoms with Gasteiger partial charge < -0.3 is 19.7 Å². The van der Waals surface area contributed by atoms with E-state index in [1.807, 2.05) is 66.7 Å². The molecule has 1 atom stereocenters. The summed E-state index contributed by atoms with van der Waals surface area (Å²) in [5.41, 5.74) is 1.93. The van der Waals surface area contributed by atoms with Gasteiger partial charge in [0.15, 0.2) is 18.1 Å². The van der Waals surface area contributed by atoms with E-state index in [2.05, 4.69) is 21.2 Å². The number of nitrogens with one attached hydrogen (secondary N) is 1. The summed E-state index contributed by atoms with van der Waals surface area (Å²) in [5, 5.41) is 3.26. The Morgan fingerprint density at radius 2 is 1.55 bits per heavy atom. The van der Waals surface area contributed by atoms with Crippen molar-refractivity contribution in [2.24, 2.45) is 0 Å². The zero-order valence-corrected chi connectivity index (χ0v) is 23.4. The number of amides is 2. The van der Waals surface area contributed by atoms with E-state index in [0.29, 0.717) is 17.9 Å². The van der Waals surface area contributed by atoms with Crippen LogP contribution in [0.3, 0.4) is 0 Å². The second-order valence-electron chi connectivity index (χ2n) is 9.64. The third kappa shape index (κ3) is 7.84. The quantitative estimate of drug-likeness (QED) is 0.306. The van der Waals surface area contributed by atoms with E-state index in [9.17, 15) is 9.59 Å². The van der Waals surface area contributed by atoms with Crippen molar-refractivity contribution in [3.05, 3.63) is 94.5 Å². The first-order chi connectivity index (χ1) is 18.5. The topological polar surface area (TPSA) is 67.9 Å². The molecule has 4 rings (SSSR count). The third-order valence-corrected chi connectivity index (χ3v) is 7.44. The zero-order chi connectivity index (χ0) is 26.7. The summed E-state index contributed by atoms with van der Waals surface area (Å²) >= 11 is 3.48. The average molecular weight is 580 g/mol. The van der Waals surface area contributed by atoms with Crippen molar-refractivity contribution < 1.29 is 19.1 Å². The highest BCUT2D eigenvalue weighted by Gasteiger charge is 2.32. The van der Waals surface area contributed by atoms with Crippen molar-refractivity contribution in [1.29, 1.82) is 0 Å². The Bertz CT molecular complexity index is 1180. The first-order valence-electron chi connectivity index (χ1n) is 13.2. The third-order valence-electron chi connectivity index (χ3n) is 6.91. The molecule has 1 N–H and O–H groups in total. The standard InChI is InChI=1S/C31H35BrN2O4/c1-37-28-14-8-9-15-29(28)38-22-30(35)34(21-24-16-18-25(32)19-17-24)27(20-23-10-4-2-5-11-23)31(36)33-26-12-6-3-7-13-26/h2,4-5,8-11,14-19,26-27H,3,6-7,12-13,20-22H2,1H3,(H,33,36)/t27-/m1/s1. The Balaban J connectivity index is 1.61. The summed E-state index contributed by atoms with van der Waals surface area (Å²) in [5.74, 6) is 0.649. The molecule has 0 aromatic heterocycles. The van der Waals surface area contributed by atoms with Gasteiger partial charge in [-0.15, -0.1) is 0 Å². The normalized spacial score (nSPS) is 14.4. The summed E-state index contributed by atoms with van der Waals surface area (Å²) in [6.45, 7) is 0.0793. The molecule has 0 bridgehead atoms. The molecular formula is C31H35BrN2O4. The predicted octanol–water partition coefficient (Wildman–Crippen LogP) is 5.93. The van der Waals surface area contributed by atoms with Gasteiger partial charge in [-0.2, -0.15) is 0 Å². The lowest BCUT2D eigenvalue weighted by atomic mass is 9.94. The molecule has 3 aromatic rings. The van der Waals surface area contributed by atoms with Gasteiger partial charge in [-0.05, 0) is 48.2 Å². The fourth-order valence-electron chi connectivity index (χ4n) is 4.85. The predicted molar refractivity (Wildman–Crippen MR) is 152 cm³/mol. The molecule has 0 saturated heterocycles. The van der Waals surface area contributed by atoms with Crippen LogP contribution in [0.1, 0.15) is 43.2 Å². The molecule has 3 aromatic carbocycles. The van der Waals surface area contributed by atoms with Crippen molar-refractivity contribution in [3.8, 4) is 11.5 Å². The number of ether oxygens (including phenoxy) is 2. The number of benzene rings is 3. The van der Waals surface area contributed by atoms with Crippen LogP contribution in [-0.2, 0) is 22.6 Å². The van der Waals surface area contributed by atoms with E-state index in [1.165, 1.54) is 6.42 Å². The molecule has 2 amide bonds. The minimum atomic E-state index is -0.684. The Morgan fingerprint density at radius 1 is 0.895 bits per heavy atom. The highest BCUT2D eigenvalue weighted by Crippen LogP contribution is 2.26. The van der Waals surface area contributed by atoms with Gasteiger partial charge in [0.05, 0.1) is 7.11 Å². The van der Waals surface area contributed by atoms with E-state index < -0.39 is 6.04 Å². The summed E-state index contributed by atoms with van der Waals surface area (Å²) in [6.07, 6.45) is 5.79. The number of methoxy groups -OCH3 is 1. The number of rotatable bonds is 11. The lowest BCUT2D eigenvalue weighted by Gasteiger charge is -2.33. The van der Waals surface area contributed by atoms with E-state index in [-0.39, 0.29) is 31.0 Å². The van der Waals surface area contributed by atoms with Gasteiger partial charge in [-0.1, -0.05) is 89.8 Å². The second kappa shape index (κ2) is 14.0. The number of halogens is 1. The maximum absolute atomic E-state index is 13.8. The smallest absolute Gasteiger partial charge is 0.261 e. The van der Waals surface area contributed by atoms with E-state index in [1.54, 1.807) is 24.1 Å². The summed E-state index contributed by atoms with van der Waals surface area (Å²) in [7, 11) is 1.56. The van der Waals surface area contributed by atoms with Gasteiger partial charge in [0, 0.05) is 23.5 Å². The molecule has 6 nitrogen and oxygen atoms in total. The van der Waals surface area contributed by atoms with Crippen LogP contribution in [0.2, 0.25) is 0 Å². The Labute approximate surface area is 233 Å². The van der Waals surface area contributed by atoms with Gasteiger partial charge in [0.1, 0.15) is 6.04 Å². The van der Waals surface area contributed by atoms with Crippen molar-refractivity contribution in [2.45, 2.75) is 57.2 Å². The van der Waals surface area contributed by atoms with Crippen LogP contribution in [0.25, 0.3) is 0 Å². The minimum Gasteiger partial charge on any atom is -0.493 e. The van der Waals surface area contributed by atoms with Crippen molar-refractivity contribution in [2.75, 3.05) is 13.7 Å². The Morgan fingerprint density at radius 3 is 2.24 bits per heavy atom. The molecule has 0 unspecified atom stereocenters. The number of carbonyl (C=O) groups excluding carboxylic acids is 2. The van der Waals surface area contributed by atoms with Crippen molar-refractivity contribution in [1.82, 2.24) is 10.2 Å². The van der Waals surface area contributed by atoms with Crippen LogP contribution in [-0.4, -0.2) is 42.5 Å². The number of hydrogen-bond donors (Lipinski definition) is 1. The van der Waals surface area contributed by atoms with Crippen LogP contribution in [0.4, 0.5) is 0 Å². The molecule has 0 spiro atoms. The molecule has 1 fully saturated rings. The molecule has 0 radical (unpaired) electrons. The molecule has 1 aliphatic carbocycles. The average Bonchev–Trinajstić information content (AvgIpc) is 2.95. The van der Waals surface area contributed by atoms with E-state index in [0.717, 1.165) is 41.3 Å². The first-order valence-corrected chi connectivity index (χ1v) is 14.0.